The van der Waals surface area contributed by atoms with Crippen molar-refractivity contribution in [2.75, 3.05) is 13.1 Å². The van der Waals surface area contributed by atoms with E-state index in [0.29, 0.717) is 6.42 Å². The Morgan fingerprint density at radius 1 is 1.56 bits per heavy atom. The number of amides is 1. The van der Waals surface area contributed by atoms with Gasteiger partial charge in [-0.15, -0.1) is 11.3 Å². The summed E-state index contributed by atoms with van der Waals surface area (Å²) in [5, 5.41) is 7.31. The molecular formula is C10H14F3N3OS. The van der Waals surface area contributed by atoms with Gasteiger partial charge in [-0.2, -0.15) is 13.2 Å². The lowest BCUT2D eigenvalue weighted by Gasteiger charge is -2.14. The highest BCUT2D eigenvalue weighted by Crippen LogP contribution is 2.18. The standard InChI is InChI=1S/C10H14F3N3OS/c1-2-7(9-14-3-4-18-9)15-5-8(17)16-6-10(11,12)13/h3-4,7,15H,2,5-6H2,1H3,(H,16,17). The molecule has 2 N–H and O–H groups in total. The van der Waals surface area contributed by atoms with Gasteiger partial charge in [0.2, 0.25) is 5.91 Å². The van der Waals surface area contributed by atoms with Gasteiger partial charge in [0.25, 0.3) is 0 Å². The Morgan fingerprint density at radius 3 is 2.78 bits per heavy atom. The van der Waals surface area contributed by atoms with Crippen LogP contribution < -0.4 is 10.6 Å². The molecule has 1 heterocycles. The maximum atomic E-state index is 11.9. The average Bonchev–Trinajstić information content (AvgIpc) is 2.80. The fourth-order valence-corrected chi connectivity index (χ4v) is 2.09. The van der Waals surface area contributed by atoms with E-state index in [4.69, 9.17) is 0 Å². The summed E-state index contributed by atoms with van der Waals surface area (Å²) < 4.78 is 35.6. The molecular weight excluding hydrogens is 267 g/mol. The van der Waals surface area contributed by atoms with Crippen molar-refractivity contribution in [3.63, 3.8) is 0 Å². The van der Waals surface area contributed by atoms with Gasteiger partial charge in [-0.25, -0.2) is 4.98 Å². The predicted octanol–water partition coefficient (Wildman–Crippen LogP) is 1.86. The summed E-state index contributed by atoms with van der Waals surface area (Å²) in [4.78, 5) is 15.3. The highest BCUT2D eigenvalue weighted by atomic mass is 32.1. The van der Waals surface area contributed by atoms with E-state index in [1.165, 1.54) is 11.3 Å². The van der Waals surface area contributed by atoms with Crippen molar-refractivity contribution in [2.45, 2.75) is 25.6 Å². The third-order valence-electron chi connectivity index (χ3n) is 2.15. The van der Waals surface area contributed by atoms with Gasteiger partial charge in [0, 0.05) is 11.6 Å². The van der Waals surface area contributed by atoms with E-state index in [9.17, 15) is 18.0 Å². The van der Waals surface area contributed by atoms with Crippen LogP contribution in [0.3, 0.4) is 0 Å². The highest BCUT2D eigenvalue weighted by molar-refractivity contribution is 7.09. The second-order valence-electron chi connectivity index (χ2n) is 3.60. The normalized spacial score (nSPS) is 13.3. The van der Waals surface area contributed by atoms with Gasteiger partial charge in [-0.1, -0.05) is 6.92 Å². The Balaban J connectivity index is 2.33. The summed E-state index contributed by atoms with van der Waals surface area (Å²) in [7, 11) is 0. The molecule has 1 unspecified atom stereocenters. The van der Waals surface area contributed by atoms with Crippen LogP contribution in [0.15, 0.2) is 11.6 Å². The van der Waals surface area contributed by atoms with E-state index in [-0.39, 0.29) is 12.6 Å². The molecule has 0 radical (unpaired) electrons. The number of carbonyl (C=O) groups excluding carboxylic acids is 1. The molecule has 0 aromatic carbocycles. The van der Waals surface area contributed by atoms with E-state index >= 15 is 0 Å². The number of hydrogen-bond acceptors (Lipinski definition) is 4. The summed E-state index contributed by atoms with van der Waals surface area (Å²) >= 11 is 1.44. The Kier molecular flexibility index (Phi) is 5.54. The van der Waals surface area contributed by atoms with Gasteiger partial charge in [-0.3, -0.25) is 10.1 Å². The van der Waals surface area contributed by atoms with Crippen LogP contribution in [0.4, 0.5) is 13.2 Å². The van der Waals surface area contributed by atoms with Gasteiger partial charge in [0.15, 0.2) is 0 Å². The van der Waals surface area contributed by atoms with E-state index in [1.54, 1.807) is 11.5 Å². The molecule has 1 rings (SSSR count). The first-order valence-electron chi connectivity index (χ1n) is 5.38. The number of aromatic nitrogens is 1. The zero-order valence-electron chi connectivity index (χ0n) is 9.75. The van der Waals surface area contributed by atoms with Crippen LogP contribution in [0.25, 0.3) is 0 Å². The van der Waals surface area contributed by atoms with Crippen LogP contribution in [0.1, 0.15) is 24.4 Å². The third kappa shape index (κ3) is 5.46. The molecule has 0 saturated heterocycles. The van der Waals surface area contributed by atoms with Crippen LogP contribution in [0, 0.1) is 0 Å². The van der Waals surface area contributed by atoms with Crippen LogP contribution in [-0.2, 0) is 4.79 Å². The van der Waals surface area contributed by atoms with Crippen LogP contribution in [0.5, 0.6) is 0 Å². The van der Waals surface area contributed by atoms with Gasteiger partial charge in [0.05, 0.1) is 12.6 Å². The first-order chi connectivity index (χ1) is 8.42. The second-order valence-corrected chi connectivity index (χ2v) is 4.53. The highest BCUT2D eigenvalue weighted by Gasteiger charge is 2.27. The van der Waals surface area contributed by atoms with E-state index in [1.807, 2.05) is 12.3 Å². The van der Waals surface area contributed by atoms with Gasteiger partial charge < -0.3 is 5.32 Å². The monoisotopic (exact) mass is 281 g/mol. The van der Waals surface area contributed by atoms with Crippen LogP contribution in [-0.4, -0.2) is 30.2 Å². The minimum atomic E-state index is -4.38. The van der Waals surface area contributed by atoms with Crippen molar-refractivity contribution in [2.24, 2.45) is 0 Å². The summed E-state index contributed by atoms with van der Waals surface area (Å²) in [6, 6.07) is -0.110. The molecule has 0 spiro atoms. The molecule has 1 aromatic rings. The first kappa shape index (κ1) is 14.9. The molecule has 0 bridgehead atoms. The molecule has 0 fully saturated rings. The Hall–Kier alpha value is -1.15. The Morgan fingerprint density at radius 2 is 2.28 bits per heavy atom. The summed E-state index contributed by atoms with van der Waals surface area (Å²) in [6.45, 7) is 0.447. The molecule has 18 heavy (non-hydrogen) atoms. The third-order valence-corrected chi connectivity index (χ3v) is 3.04. The topological polar surface area (TPSA) is 54.0 Å². The number of carbonyl (C=O) groups is 1. The van der Waals surface area contributed by atoms with Crippen molar-refractivity contribution in [3.8, 4) is 0 Å². The zero-order chi connectivity index (χ0) is 13.6. The number of hydrogen-bond donors (Lipinski definition) is 2. The molecule has 0 aliphatic carbocycles. The predicted molar refractivity (Wildman–Crippen MR) is 62.2 cm³/mol. The summed E-state index contributed by atoms with van der Waals surface area (Å²) in [5.74, 6) is -0.678. The minimum absolute atomic E-state index is 0.110. The van der Waals surface area contributed by atoms with E-state index in [2.05, 4.69) is 10.3 Å². The van der Waals surface area contributed by atoms with E-state index in [0.717, 1.165) is 5.01 Å². The SMILES string of the molecule is CCC(NCC(=O)NCC(F)(F)F)c1nccs1. The van der Waals surface area contributed by atoms with Crippen molar-refractivity contribution in [1.82, 2.24) is 15.6 Å². The lowest BCUT2D eigenvalue weighted by molar-refractivity contribution is -0.137. The smallest absolute Gasteiger partial charge is 0.346 e. The average molecular weight is 281 g/mol. The number of halogens is 3. The fraction of sp³-hybridized carbons (Fsp3) is 0.600. The Bertz CT molecular complexity index is 367. The van der Waals surface area contributed by atoms with Crippen LogP contribution in [0.2, 0.25) is 0 Å². The van der Waals surface area contributed by atoms with Gasteiger partial charge >= 0.3 is 6.18 Å². The summed E-state index contributed by atoms with van der Waals surface area (Å²) in [5.41, 5.74) is 0. The number of thiazole rings is 1. The van der Waals surface area contributed by atoms with Crippen molar-refractivity contribution in [3.05, 3.63) is 16.6 Å². The maximum Gasteiger partial charge on any atom is 0.405 e. The molecule has 0 aliphatic heterocycles. The second kappa shape index (κ2) is 6.69. The molecule has 1 amide bonds. The van der Waals surface area contributed by atoms with E-state index < -0.39 is 18.6 Å². The molecule has 1 atom stereocenters. The quantitative estimate of drug-likeness (QED) is 0.837. The van der Waals surface area contributed by atoms with Crippen molar-refractivity contribution >= 4 is 17.2 Å². The number of rotatable bonds is 6. The lowest BCUT2D eigenvalue weighted by Crippen LogP contribution is -2.40. The number of nitrogens with zero attached hydrogens (tertiary/aromatic N) is 1. The van der Waals surface area contributed by atoms with Crippen molar-refractivity contribution < 1.29 is 18.0 Å². The molecule has 1 aromatic heterocycles. The maximum absolute atomic E-state index is 11.9. The van der Waals surface area contributed by atoms with Gasteiger partial charge in [0.1, 0.15) is 11.6 Å². The molecule has 102 valence electrons. The molecule has 0 aliphatic rings. The minimum Gasteiger partial charge on any atom is -0.346 e. The number of alkyl halides is 3. The largest absolute Gasteiger partial charge is 0.405 e. The van der Waals surface area contributed by atoms with Gasteiger partial charge in [-0.05, 0) is 6.42 Å². The Labute approximate surface area is 107 Å². The zero-order valence-corrected chi connectivity index (χ0v) is 10.6. The van der Waals surface area contributed by atoms with Crippen molar-refractivity contribution in [1.29, 1.82) is 0 Å². The molecule has 4 nitrogen and oxygen atoms in total. The first-order valence-corrected chi connectivity index (χ1v) is 6.26. The lowest BCUT2D eigenvalue weighted by atomic mass is 10.2. The number of nitrogens with one attached hydrogen (secondary N) is 2. The summed E-state index contributed by atoms with van der Waals surface area (Å²) in [6.07, 6.45) is -2.02. The molecule has 0 saturated carbocycles. The van der Waals surface area contributed by atoms with Crippen LogP contribution >= 0.6 is 11.3 Å². The fourth-order valence-electron chi connectivity index (χ4n) is 1.29. The molecule has 8 heteroatoms.